The summed E-state index contributed by atoms with van der Waals surface area (Å²) in [6, 6.07) is 2.97. The second-order valence-corrected chi connectivity index (χ2v) is 3.23. The van der Waals surface area contributed by atoms with E-state index in [9.17, 15) is 13.2 Å². The minimum absolute atomic E-state index is 0.0832. The summed E-state index contributed by atoms with van der Waals surface area (Å²) in [5.74, 6) is -3.12. The van der Waals surface area contributed by atoms with Gasteiger partial charge in [-0.15, -0.1) is 0 Å². The molecule has 1 heterocycles. The van der Waals surface area contributed by atoms with E-state index in [1.807, 2.05) is 0 Å². The van der Waals surface area contributed by atoms with Crippen molar-refractivity contribution in [3.05, 3.63) is 53.7 Å². The van der Waals surface area contributed by atoms with Crippen molar-refractivity contribution in [3.63, 3.8) is 0 Å². The van der Waals surface area contributed by atoms with E-state index in [2.05, 4.69) is 5.32 Å². The van der Waals surface area contributed by atoms with Crippen molar-refractivity contribution in [3.8, 4) is 0 Å². The zero-order chi connectivity index (χ0) is 11.5. The Morgan fingerprint density at radius 3 is 2.50 bits per heavy atom. The number of benzene rings is 1. The molecule has 0 saturated heterocycles. The molecule has 1 aromatic heterocycles. The molecule has 0 amide bonds. The van der Waals surface area contributed by atoms with Crippen LogP contribution in [0.5, 0.6) is 0 Å². The lowest BCUT2D eigenvalue weighted by atomic mass is 10.2. The number of rotatable bonds is 3. The molecule has 0 fully saturated rings. The van der Waals surface area contributed by atoms with Gasteiger partial charge in [-0.05, 0) is 6.07 Å². The molecule has 5 heteroatoms. The van der Waals surface area contributed by atoms with E-state index >= 15 is 0 Å². The van der Waals surface area contributed by atoms with Crippen molar-refractivity contribution in [1.82, 2.24) is 0 Å². The third-order valence-electron chi connectivity index (χ3n) is 2.07. The van der Waals surface area contributed by atoms with Crippen molar-refractivity contribution in [2.45, 2.75) is 6.54 Å². The Kier molecular flexibility index (Phi) is 2.85. The fourth-order valence-electron chi connectivity index (χ4n) is 1.25. The minimum atomic E-state index is -1.20. The summed E-state index contributed by atoms with van der Waals surface area (Å²) >= 11 is 0. The molecule has 1 aromatic carbocycles. The zero-order valence-electron chi connectivity index (χ0n) is 8.14. The molecule has 0 aliphatic heterocycles. The van der Waals surface area contributed by atoms with E-state index in [1.54, 1.807) is 6.07 Å². The van der Waals surface area contributed by atoms with Crippen LogP contribution in [-0.2, 0) is 6.54 Å². The van der Waals surface area contributed by atoms with Gasteiger partial charge < -0.3 is 9.73 Å². The summed E-state index contributed by atoms with van der Waals surface area (Å²) in [5.41, 5.74) is 0.698. The fraction of sp³-hybridized carbons (Fsp3) is 0.0909. The smallest absolute Gasteiger partial charge is 0.161 e. The molecule has 0 radical (unpaired) electrons. The molecule has 0 atom stereocenters. The first-order chi connectivity index (χ1) is 7.66. The van der Waals surface area contributed by atoms with Crippen LogP contribution in [0.4, 0.5) is 18.9 Å². The molecule has 0 saturated carbocycles. The summed E-state index contributed by atoms with van der Waals surface area (Å²) in [6.45, 7) is 0.276. The number of hydrogen-bond acceptors (Lipinski definition) is 2. The van der Waals surface area contributed by atoms with Crippen LogP contribution in [0.15, 0.2) is 35.1 Å². The predicted molar refractivity (Wildman–Crippen MR) is 52.4 cm³/mol. The lowest BCUT2D eigenvalue weighted by Crippen LogP contribution is -2.02. The fourth-order valence-corrected chi connectivity index (χ4v) is 1.25. The predicted octanol–water partition coefficient (Wildman–Crippen LogP) is 3.31. The number of furan rings is 1. The maximum Gasteiger partial charge on any atom is 0.161 e. The van der Waals surface area contributed by atoms with E-state index in [-0.39, 0.29) is 12.2 Å². The maximum atomic E-state index is 13.2. The van der Waals surface area contributed by atoms with Gasteiger partial charge in [0.2, 0.25) is 0 Å². The summed E-state index contributed by atoms with van der Waals surface area (Å²) in [6.07, 6.45) is 2.95. The Labute approximate surface area is 89.7 Å². The molecule has 2 aromatic rings. The van der Waals surface area contributed by atoms with E-state index in [0.717, 1.165) is 11.6 Å². The Balaban J connectivity index is 2.12. The normalized spacial score (nSPS) is 10.4. The van der Waals surface area contributed by atoms with Crippen molar-refractivity contribution in [2.24, 2.45) is 0 Å². The molecule has 2 rings (SSSR count). The Bertz CT molecular complexity index is 482. The molecule has 0 aliphatic carbocycles. The first kappa shape index (κ1) is 10.6. The summed E-state index contributed by atoms with van der Waals surface area (Å²) in [5, 5.41) is 2.64. The van der Waals surface area contributed by atoms with Crippen molar-refractivity contribution < 1.29 is 17.6 Å². The van der Waals surface area contributed by atoms with Crippen molar-refractivity contribution >= 4 is 5.69 Å². The van der Waals surface area contributed by atoms with Gasteiger partial charge in [-0.25, -0.2) is 13.2 Å². The highest BCUT2D eigenvalue weighted by molar-refractivity contribution is 5.45. The van der Waals surface area contributed by atoms with Gasteiger partial charge in [0.1, 0.15) is 5.82 Å². The SMILES string of the molecule is Fc1cc(F)c(NCc2ccoc2)cc1F. The molecule has 1 N–H and O–H groups in total. The average molecular weight is 227 g/mol. The van der Waals surface area contributed by atoms with E-state index in [0.29, 0.717) is 6.07 Å². The van der Waals surface area contributed by atoms with Gasteiger partial charge in [0, 0.05) is 24.2 Å². The zero-order valence-corrected chi connectivity index (χ0v) is 8.14. The molecule has 16 heavy (non-hydrogen) atoms. The number of halogens is 3. The van der Waals surface area contributed by atoms with Gasteiger partial charge in [-0.3, -0.25) is 0 Å². The van der Waals surface area contributed by atoms with Gasteiger partial charge in [0.15, 0.2) is 11.6 Å². The second-order valence-electron chi connectivity index (χ2n) is 3.23. The molecule has 0 spiro atoms. The van der Waals surface area contributed by atoms with Gasteiger partial charge in [0.05, 0.1) is 18.2 Å². The monoisotopic (exact) mass is 227 g/mol. The first-order valence-corrected chi connectivity index (χ1v) is 4.56. The Morgan fingerprint density at radius 2 is 1.81 bits per heavy atom. The van der Waals surface area contributed by atoms with Crippen molar-refractivity contribution in [1.29, 1.82) is 0 Å². The second kappa shape index (κ2) is 4.30. The third-order valence-corrected chi connectivity index (χ3v) is 2.07. The Hall–Kier alpha value is -1.91. The van der Waals surface area contributed by atoms with Crippen LogP contribution < -0.4 is 5.32 Å². The molecule has 0 aliphatic rings. The number of hydrogen-bond donors (Lipinski definition) is 1. The van der Waals surface area contributed by atoms with Crippen LogP contribution in [0, 0.1) is 17.5 Å². The number of nitrogens with one attached hydrogen (secondary N) is 1. The largest absolute Gasteiger partial charge is 0.472 e. The van der Waals surface area contributed by atoms with Gasteiger partial charge in [-0.1, -0.05) is 0 Å². The lowest BCUT2D eigenvalue weighted by Gasteiger charge is -2.06. The van der Waals surface area contributed by atoms with E-state index in [4.69, 9.17) is 4.42 Å². The van der Waals surface area contributed by atoms with Gasteiger partial charge in [-0.2, -0.15) is 0 Å². The molecular weight excluding hydrogens is 219 g/mol. The summed E-state index contributed by atoms with van der Waals surface area (Å²) < 4.78 is 43.4. The van der Waals surface area contributed by atoms with Gasteiger partial charge >= 0.3 is 0 Å². The van der Waals surface area contributed by atoms with Crippen LogP contribution in [0.2, 0.25) is 0 Å². The topological polar surface area (TPSA) is 25.2 Å². The molecule has 84 valence electrons. The Morgan fingerprint density at radius 1 is 1.06 bits per heavy atom. The van der Waals surface area contributed by atoms with Crippen LogP contribution in [0.1, 0.15) is 5.56 Å². The van der Waals surface area contributed by atoms with Crippen LogP contribution in [0.25, 0.3) is 0 Å². The van der Waals surface area contributed by atoms with Crippen molar-refractivity contribution in [2.75, 3.05) is 5.32 Å². The van der Waals surface area contributed by atoms with E-state index in [1.165, 1.54) is 12.5 Å². The van der Waals surface area contributed by atoms with Crippen LogP contribution in [0.3, 0.4) is 0 Å². The summed E-state index contributed by atoms with van der Waals surface area (Å²) in [4.78, 5) is 0. The van der Waals surface area contributed by atoms with Crippen LogP contribution in [-0.4, -0.2) is 0 Å². The molecule has 0 bridgehead atoms. The quantitative estimate of drug-likeness (QED) is 0.814. The molecular formula is C11H8F3NO. The molecule has 2 nitrogen and oxygen atoms in total. The minimum Gasteiger partial charge on any atom is -0.472 e. The lowest BCUT2D eigenvalue weighted by molar-refractivity contribution is 0.496. The third kappa shape index (κ3) is 2.18. The highest BCUT2D eigenvalue weighted by Gasteiger charge is 2.09. The molecule has 0 unspecified atom stereocenters. The first-order valence-electron chi connectivity index (χ1n) is 4.56. The average Bonchev–Trinajstić information content (AvgIpc) is 2.74. The highest BCUT2D eigenvalue weighted by Crippen LogP contribution is 2.19. The standard InChI is InChI=1S/C11H8F3NO/c12-8-3-10(14)11(4-9(8)13)15-5-7-1-2-16-6-7/h1-4,6,15H,5H2. The van der Waals surface area contributed by atoms with Crippen LogP contribution >= 0.6 is 0 Å². The van der Waals surface area contributed by atoms with E-state index < -0.39 is 17.5 Å². The highest BCUT2D eigenvalue weighted by atomic mass is 19.2. The van der Waals surface area contributed by atoms with Gasteiger partial charge in [0.25, 0.3) is 0 Å². The summed E-state index contributed by atoms with van der Waals surface area (Å²) in [7, 11) is 0. The maximum absolute atomic E-state index is 13.2. The number of anilines is 1.